The first kappa shape index (κ1) is 23.2. The molecular weight excluding hydrogens is 260 g/mol. The number of hydrogen-bond acceptors (Lipinski definition) is 3. The van der Waals surface area contributed by atoms with Crippen LogP contribution in [0.5, 0.6) is 0 Å². The van der Waals surface area contributed by atoms with E-state index < -0.39 is 0 Å². The number of nitrogens with two attached hydrogens (primary N) is 1. The van der Waals surface area contributed by atoms with Gasteiger partial charge in [0.15, 0.2) is 0 Å². The lowest BCUT2D eigenvalue weighted by molar-refractivity contribution is 0.157. The molecule has 2 saturated carbocycles. The minimum atomic E-state index is 0.0255. The quantitative estimate of drug-likeness (QED) is 0.635. The molecule has 2 fully saturated rings. The summed E-state index contributed by atoms with van der Waals surface area (Å²) in [5, 5.41) is 12.4. The topological polar surface area (TPSA) is 58.3 Å². The number of aliphatic hydroxyl groups excluding tert-OH is 1. The largest absolute Gasteiger partial charge is 0.393 e. The van der Waals surface area contributed by atoms with Gasteiger partial charge in [-0.2, -0.15) is 0 Å². The van der Waals surface area contributed by atoms with E-state index in [1.54, 1.807) is 0 Å². The van der Waals surface area contributed by atoms with E-state index in [9.17, 15) is 0 Å². The van der Waals surface area contributed by atoms with Crippen molar-refractivity contribution < 1.29 is 5.11 Å². The van der Waals surface area contributed by atoms with Crippen LogP contribution in [-0.2, 0) is 0 Å². The fraction of sp³-hybridized carbons (Fsp3) is 1.00. The Bertz CT molecular complexity index is 161. The van der Waals surface area contributed by atoms with Crippen LogP contribution in [0, 0.1) is 0 Å². The molecule has 2 aliphatic carbocycles. The van der Waals surface area contributed by atoms with Crippen molar-refractivity contribution in [1.29, 1.82) is 0 Å². The lowest BCUT2D eigenvalue weighted by Gasteiger charge is -2.10. The highest BCUT2D eigenvalue weighted by Crippen LogP contribution is 2.17. The molecule has 0 aromatic carbocycles. The molecule has 0 radical (unpaired) electrons. The summed E-state index contributed by atoms with van der Waals surface area (Å²) in [6, 6.07) is 0.826. The smallest absolute Gasteiger partial charge is 0.0540 e. The molecule has 0 aliphatic heterocycles. The van der Waals surface area contributed by atoms with Gasteiger partial charge in [-0.3, -0.25) is 0 Å². The second kappa shape index (κ2) is 19.9. The lowest BCUT2D eigenvalue weighted by Crippen LogP contribution is -2.23. The normalized spacial score (nSPS) is 20.3. The molecule has 0 saturated heterocycles. The van der Waals surface area contributed by atoms with Gasteiger partial charge in [0.2, 0.25) is 0 Å². The Kier molecular flexibility index (Phi) is 21.9. The third kappa shape index (κ3) is 16.1. The maximum atomic E-state index is 9.09. The molecule has 0 aromatic rings. The summed E-state index contributed by atoms with van der Waals surface area (Å²) in [5.41, 5.74) is 4.50. The molecule has 0 atom stereocenters. The third-order valence-electron chi connectivity index (χ3n) is 4.09. The minimum Gasteiger partial charge on any atom is -0.393 e. The van der Waals surface area contributed by atoms with E-state index in [2.05, 4.69) is 18.1 Å². The van der Waals surface area contributed by atoms with Crippen molar-refractivity contribution in [3.05, 3.63) is 0 Å². The fourth-order valence-electron chi connectivity index (χ4n) is 2.83. The average Bonchev–Trinajstić information content (AvgIpc) is 2.96. The zero-order valence-corrected chi connectivity index (χ0v) is 15.2. The molecule has 0 aromatic heterocycles. The van der Waals surface area contributed by atoms with Crippen LogP contribution >= 0.6 is 0 Å². The van der Waals surface area contributed by atoms with Gasteiger partial charge in [0.05, 0.1) is 6.10 Å². The Balaban J connectivity index is 0. The maximum Gasteiger partial charge on any atom is 0.0540 e. The van der Waals surface area contributed by atoms with Gasteiger partial charge in [-0.1, -0.05) is 65.2 Å². The second-order valence-corrected chi connectivity index (χ2v) is 5.62. The van der Waals surface area contributed by atoms with Gasteiger partial charge in [0.25, 0.3) is 0 Å². The van der Waals surface area contributed by atoms with Gasteiger partial charge in [-0.25, -0.2) is 0 Å². The Hall–Kier alpha value is -0.120. The summed E-state index contributed by atoms with van der Waals surface area (Å²) in [7, 11) is 3.58. The first-order valence-corrected chi connectivity index (χ1v) is 9.26. The first-order valence-electron chi connectivity index (χ1n) is 9.26. The van der Waals surface area contributed by atoms with Crippen molar-refractivity contribution in [2.45, 2.75) is 103 Å². The molecule has 0 unspecified atom stereocenters. The van der Waals surface area contributed by atoms with Crippen molar-refractivity contribution in [2.24, 2.45) is 5.73 Å². The Morgan fingerprint density at radius 3 is 1.38 bits per heavy atom. The summed E-state index contributed by atoms with van der Waals surface area (Å²) < 4.78 is 0. The van der Waals surface area contributed by atoms with Crippen LogP contribution < -0.4 is 11.1 Å². The summed E-state index contributed by atoms with van der Waals surface area (Å²) in [5.74, 6) is 0. The zero-order chi connectivity index (χ0) is 16.3. The monoisotopic (exact) mass is 302 g/mol. The van der Waals surface area contributed by atoms with Crippen molar-refractivity contribution >= 4 is 0 Å². The summed E-state index contributed by atoms with van der Waals surface area (Å²) in [6.07, 6.45) is 15.8. The van der Waals surface area contributed by atoms with Gasteiger partial charge in [0.1, 0.15) is 0 Å². The molecular formula is C18H42N2O. The van der Waals surface area contributed by atoms with Crippen LogP contribution in [0.15, 0.2) is 0 Å². The van der Waals surface area contributed by atoms with E-state index in [0.29, 0.717) is 0 Å². The molecule has 0 heterocycles. The third-order valence-corrected chi connectivity index (χ3v) is 4.09. The number of rotatable bonds is 1. The van der Waals surface area contributed by atoms with Gasteiger partial charge >= 0.3 is 0 Å². The van der Waals surface area contributed by atoms with Gasteiger partial charge in [0, 0.05) is 6.04 Å². The molecule has 4 N–H and O–H groups in total. The summed E-state index contributed by atoms with van der Waals surface area (Å²) in [4.78, 5) is 0. The van der Waals surface area contributed by atoms with Gasteiger partial charge in [-0.05, 0) is 39.8 Å². The molecule has 2 rings (SSSR count). The minimum absolute atomic E-state index is 0.0255. The standard InChI is InChI=1S/C8H17N.C7H14O.C2H6.CH5N/c1-9-8-6-4-2-3-5-7-8;8-7-5-3-1-2-4-6-7;2*1-2/h8-9H,2-7H2,1H3;7-8H,1-6H2;1-2H3;2H2,1H3. The number of hydrogen-bond donors (Lipinski definition) is 3. The van der Waals surface area contributed by atoms with Crippen LogP contribution in [0.25, 0.3) is 0 Å². The highest BCUT2D eigenvalue weighted by atomic mass is 16.3. The van der Waals surface area contributed by atoms with Crippen molar-refractivity contribution in [3.8, 4) is 0 Å². The predicted octanol–water partition coefficient (Wildman–Crippen LogP) is 4.23. The Morgan fingerprint density at radius 1 is 0.714 bits per heavy atom. The highest BCUT2D eigenvalue weighted by molar-refractivity contribution is 4.67. The van der Waals surface area contributed by atoms with Crippen LogP contribution in [-0.4, -0.2) is 31.3 Å². The second-order valence-electron chi connectivity index (χ2n) is 5.62. The van der Waals surface area contributed by atoms with E-state index in [1.807, 2.05) is 13.8 Å². The van der Waals surface area contributed by atoms with Crippen LogP contribution in [0.2, 0.25) is 0 Å². The first-order chi connectivity index (χ1) is 10.3. The molecule has 21 heavy (non-hydrogen) atoms. The predicted molar refractivity (Wildman–Crippen MR) is 95.7 cm³/mol. The summed E-state index contributed by atoms with van der Waals surface area (Å²) in [6.45, 7) is 4.00. The molecule has 2 aliphatic rings. The van der Waals surface area contributed by atoms with E-state index in [0.717, 1.165) is 18.9 Å². The van der Waals surface area contributed by atoms with Crippen molar-refractivity contribution in [2.75, 3.05) is 14.1 Å². The zero-order valence-electron chi connectivity index (χ0n) is 15.2. The van der Waals surface area contributed by atoms with Crippen LogP contribution in [0.4, 0.5) is 0 Å². The van der Waals surface area contributed by atoms with Crippen molar-refractivity contribution in [3.63, 3.8) is 0 Å². The molecule has 3 nitrogen and oxygen atoms in total. The van der Waals surface area contributed by atoms with E-state index >= 15 is 0 Å². The molecule has 0 bridgehead atoms. The molecule has 130 valence electrons. The maximum absolute atomic E-state index is 9.09. The summed E-state index contributed by atoms with van der Waals surface area (Å²) >= 11 is 0. The van der Waals surface area contributed by atoms with Gasteiger partial charge in [-0.15, -0.1) is 0 Å². The average molecular weight is 303 g/mol. The van der Waals surface area contributed by atoms with Crippen LogP contribution in [0.1, 0.15) is 90.9 Å². The van der Waals surface area contributed by atoms with E-state index in [-0.39, 0.29) is 6.10 Å². The van der Waals surface area contributed by atoms with Crippen molar-refractivity contribution in [1.82, 2.24) is 5.32 Å². The molecule has 0 spiro atoms. The fourth-order valence-corrected chi connectivity index (χ4v) is 2.83. The number of nitrogens with one attached hydrogen (secondary N) is 1. The molecule has 0 amide bonds. The molecule has 3 heteroatoms. The Labute approximate surface area is 134 Å². The number of aliphatic hydroxyl groups is 1. The Morgan fingerprint density at radius 2 is 1.05 bits per heavy atom. The van der Waals surface area contributed by atoms with Crippen LogP contribution in [0.3, 0.4) is 0 Å². The van der Waals surface area contributed by atoms with E-state index in [1.165, 1.54) is 71.3 Å². The SMILES string of the molecule is CC.CN.CNC1CCCCCC1.OC1CCCCCC1. The van der Waals surface area contributed by atoms with Gasteiger partial charge < -0.3 is 16.2 Å². The lowest BCUT2D eigenvalue weighted by atomic mass is 10.1. The van der Waals surface area contributed by atoms with E-state index in [4.69, 9.17) is 5.11 Å². The highest BCUT2D eigenvalue weighted by Gasteiger charge is 2.08.